The highest BCUT2D eigenvalue weighted by Gasteiger charge is 2.36. The van der Waals surface area contributed by atoms with Gasteiger partial charge in [0.15, 0.2) is 0 Å². The van der Waals surface area contributed by atoms with Crippen LogP contribution in [0.5, 0.6) is 0 Å². The minimum Gasteiger partial charge on any atom is -0.444 e. The fourth-order valence-electron chi connectivity index (χ4n) is 3.63. The van der Waals surface area contributed by atoms with Crippen LogP contribution in [0.1, 0.15) is 67.2 Å². The van der Waals surface area contributed by atoms with E-state index in [1.54, 1.807) is 48.6 Å². The quantitative estimate of drug-likeness (QED) is 0.298. The zero-order valence-electron chi connectivity index (χ0n) is 22.6. The molecular weight excluding hydrogens is 504 g/mol. The lowest BCUT2D eigenvalue weighted by Crippen LogP contribution is -2.48. The van der Waals surface area contributed by atoms with E-state index in [2.05, 4.69) is 10.6 Å². The number of amides is 3. The standard InChI is InChI=1S/C24H40N4O6S2/c1-23(2,3)33-21(30)26-20(27-22(31)34-24(4,5)6)25-17-13-16(19-35-10-9-11-36-19)12-15(17)14-18(29)28(7)32-8/h15,17H,9-14H2,1-8H3,(H2,25,26,27,30,31). The Bertz CT molecular complexity index is 839. The van der Waals surface area contributed by atoms with Gasteiger partial charge in [-0.15, -0.1) is 23.5 Å². The van der Waals surface area contributed by atoms with Crippen molar-refractivity contribution in [1.82, 2.24) is 15.7 Å². The summed E-state index contributed by atoms with van der Waals surface area (Å²) >= 11 is 3.68. The highest BCUT2D eigenvalue weighted by Crippen LogP contribution is 2.45. The van der Waals surface area contributed by atoms with Gasteiger partial charge in [0.1, 0.15) is 11.2 Å². The molecule has 2 atom stereocenters. The molecular formula is C24H40N4O6S2. The maximum Gasteiger partial charge on any atom is 0.414 e. The van der Waals surface area contributed by atoms with Crippen LogP contribution in [0.4, 0.5) is 9.59 Å². The number of nitrogens with zero attached hydrogens (tertiary/aromatic N) is 2. The molecule has 2 unspecified atom stereocenters. The van der Waals surface area contributed by atoms with Crippen LogP contribution >= 0.6 is 23.5 Å². The number of thioether (sulfide) groups is 2. The molecule has 2 fully saturated rings. The highest BCUT2D eigenvalue weighted by molar-refractivity contribution is 8.22. The number of carbonyl (C=O) groups excluding carboxylic acids is 3. The zero-order valence-corrected chi connectivity index (χ0v) is 24.2. The van der Waals surface area contributed by atoms with Crippen LogP contribution in [0.3, 0.4) is 0 Å². The van der Waals surface area contributed by atoms with Crippen molar-refractivity contribution < 1.29 is 28.7 Å². The van der Waals surface area contributed by atoms with E-state index in [1.165, 1.54) is 22.0 Å². The molecule has 12 heteroatoms. The third kappa shape index (κ3) is 10.6. The molecule has 1 aliphatic heterocycles. The number of hydrogen-bond donors (Lipinski definition) is 2. The first-order valence-corrected chi connectivity index (χ1v) is 14.0. The summed E-state index contributed by atoms with van der Waals surface area (Å²) in [6.07, 6.45) is 1.21. The summed E-state index contributed by atoms with van der Waals surface area (Å²) in [6.45, 7) is 10.5. The predicted octanol–water partition coefficient (Wildman–Crippen LogP) is 4.66. The van der Waals surface area contributed by atoms with Crippen molar-refractivity contribution in [3.8, 4) is 0 Å². The topological polar surface area (TPSA) is 119 Å². The maximum atomic E-state index is 12.7. The minimum absolute atomic E-state index is 0.0729. The van der Waals surface area contributed by atoms with Crippen molar-refractivity contribution in [3.63, 3.8) is 0 Å². The minimum atomic E-state index is -0.751. The van der Waals surface area contributed by atoms with Gasteiger partial charge in [-0.05, 0) is 83.8 Å². The van der Waals surface area contributed by atoms with Crippen molar-refractivity contribution in [2.75, 3.05) is 25.7 Å². The molecule has 2 aliphatic rings. The summed E-state index contributed by atoms with van der Waals surface area (Å²) < 4.78 is 12.0. The van der Waals surface area contributed by atoms with Gasteiger partial charge in [0, 0.05) is 17.7 Å². The average molecular weight is 545 g/mol. The van der Waals surface area contributed by atoms with Crippen LogP contribution in [-0.4, -0.2) is 72.0 Å². The highest BCUT2D eigenvalue weighted by atomic mass is 32.2. The molecule has 0 aromatic heterocycles. The van der Waals surface area contributed by atoms with Gasteiger partial charge < -0.3 is 9.47 Å². The van der Waals surface area contributed by atoms with Crippen molar-refractivity contribution in [2.24, 2.45) is 10.9 Å². The van der Waals surface area contributed by atoms with E-state index in [4.69, 9.17) is 19.3 Å². The first-order chi connectivity index (χ1) is 16.7. The molecule has 1 heterocycles. The lowest BCUT2D eigenvalue weighted by atomic mass is 9.99. The second kappa shape index (κ2) is 13.0. The molecule has 1 saturated carbocycles. The van der Waals surface area contributed by atoms with E-state index in [9.17, 15) is 14.4 Å². The molecule has 10 nitrogen and oxygen atoms in total. The first kappa shape index (κ1) is 30.3. The van der Waals surface area contributed by atoms with Crippen LogP contribution in [0, 0.1) is 5.92 Å². The van der Waals surface area contributed by atoms with Crippen molar-refractivity contribution in [3.05, 3.63) is 9.81 Å². The van der Waals surface area contributed by atoms with Crippen LogP contribution in [0.2, 0.25) is 0 Å². The molecule has 2 rings (SSSR count). The van der Waals surface area contributed by atoms with Crippen molar-refractivity contribution >= 4 is 47.6 Å². The lowest BCUT2D eigenvalue weighted by Gasteiger charge is -2.23. The van der Waals surface area contributed by atoms with Gasteiger partial charge in [0.25, 0.3) is 0 Å². The molecule has 2 N–H and O–H groups in total. The van der Waals surface area contributed by atoms with Gasteiger partial charge in [-0.2, -0.15) is 0 Å². The van der Waals surface area contributed by atoms with Gasteiger partial charge in [0.2, 0.25) is 11.9 Å². The Morgan fingerprint density at radius 1 is 0.972 bits per heavy atom. The summed E-state index contributed by atoms with van der Waals surface area (Å²) in [5.41, 5.74) is -0.215. The number of hydroxylamine groups is 2. The lowest BCUT2D eigenvalue weighted by molar-refractivity contribution is -0.169. The summed E-state index contributed by atoms with van der Waals surface area (Å²) in [5.74, 6) is 1.77. The number of ether oxygens (including phenoxy) is 2. The monoisotopic (exact) mass is 544 g/mol. The Balaban J connectivity index is 2.34. The number of nitrogens with one attached hydrogen (secondary N) is 2. The zero-order chi connectivity index (χ0) is 27.1. The predicted molar refractivity (Wildman–Crippen MR) is 144 cm³/mol. The summed E-state index contributed by atoms with van der Waals surface area (Å²) in [7, 11) is 3.01. The Morgan fingerprint density at radius 3 is 1.97 bits per heavy atom. The molecule has 1 saturated heterocycles. The molecule has 36 heavy (non-hydrogen) atoms. The van der Waals surface area contributed by atoms with Gasteiger partial charge in [-0.3, -0.25) is 20.3 Å². The Kier molecular flexibility index (Phi) is 11.0. The normalized spacial score (nSPS) is 20.4. The fourth-order valence-corrected chi connectivity index (χ4v) is 6.34. The second-order valence-electron chi connectivity index (χ2n) is 10.7. The van der Waals surface area contributed by atoms with E-state index in [1.807, 2.05) is 23.5 Å². The van der Waals surface area contributed by atoms with E-state index in [0.717, 1.165) is 17.9 Å². The van der Waals surface area contributed by atoms with E-state index in [-0.39, 0.29) is 30.2 Å². The summed E-state index contributed by atoms with van der Waals surface area (Å²) in [6, 6.07) is -0.343. The SMILES string of the molecule is CON(C)C(=O)CC1CC(=C2SCCCS2)CC1N=C(NC(=O)OC(C)(C)C)NC(=O)OC(C)(C)C. The Hall–Kier alpha value is -1.92. The molecule has 0 bridgehead atoms. The smallest absolute Gasteiger partial charge is 0.414 e. The van der Waals surface area contributed by atoms with Crippen molar-refractivity contribution in [1.29, 1.82) is 0 Å². The largest absolute Gasteiger partial charge is 0.444 e. The number of guanidine groups is 1. The molecule has 0 radical (unpaired) electrons. The van der Waals surface area contributed by atoms with Gasteiger partial charge in [-0.1, -0.05) is 0 Å². The number of rotatable bonds is 4. The second-order valence-corrected chi connectivity index (χ2v) is 13.2. The fraction of sp³-hybridized carbons (Fsp3) is 0.750. The maximum absolute atomic E-state index is 12.7. The number of alkyl carbamates (subject to hydrolysis) is 2. The molecule has 204 valence electrons. The third-order valence-corrected chi connectivity index (χ3v) is 7.94. The number of hydrogen-bond acceptors (Lipinski definition) is 9. The Labute approximate surface area is 222 Å². The van der Waals surface area contributed by atoms with E-state index < -0.39 is 23.4 Å². The van der Waals surface area contributed by atoms with Gasteiger partial charge in [0.05, 0.1) is 13.2 Å². The molecule has 0 aromatic carbocycles. The summed E-state index contributed by atoms with van der Waals surface area (Å²) in [4.78, 5) is 47.4. The van der Waals surface area contributed by atoms with Gasteiger partial charge >= 0.3 is 12.2 Å². The third-order valence-electron chi connectivity index (χ3n) is 5.15. The summed E-state index contributed by atoms with van der Waals surface area (Å²) in [5, 5.41) is 6.30. The average Bonchev–Trinajstić information content (AvgIpc) is 3.12. The molecule has 0 aromatic rings. The van der Waals surface area contributed by atoms with Gasteiger partial charge in [-0.25, -0.2) is 19.6 Å². The van der Waals surface area contributed by atoms with Crippen molar-refractivity contribution in [2.45, 2.75) is 84.5 Å². The molecule has 0 spiro atoms. The molecule has 3 amide bonds. The van der Waals surface area contributed by atoms with Crippen LogP contribution in [0.25, 0.3) is 0 Å². The van der Waals surface area contributed by atoms with Crippen LogP contribution in [0.15, 0.2) is 14.8 Å². The van der Waals surface area contributed by atoms with Crippen LogP contribution < -0.4 is 10.6 Å². The number of aliphatic imine (C=N–C) groups is 1. The first-order valence-electron chi connectivity index (χ1n) is 12.0. The van der Waals surface area contributed by atoms with E-state index >= 15 is 0 Å². The Morgan fingerprint density at radius 2 is 1.50 bits per heavy atom. The van der Waals surface area contributed by atoms with E-state index in [0.29, 0.717) is 12.8 Å². The van der Waals surface area contributed by atoms with Crippen LogP contribution in [-0.2, 0) is 19.1 Å². The molecule has 1 aliphatic carbocycles. The number of carbonyl (C=O) groups is 3.